The lowest BCUT2D eigenvalue weighted by atomic mass is 10.0. The summed E-state index contributed by atoms with van der Waals surface area (Å²) in [6.07, 6.45) is -0.0339. The van der Waals surface area contributed by atoms with Crippen molar-refractivity contribution >= 4 is 41.3 Å². The Morgan fingerprint density at radius 3 is 2.46 bits per heavy atom. The molecule has 1 fully saturated rings. The molecule has 2 aliphatic heterocycles. The predicted molar refractivity (Wildman–Crippen MR) is 130 cm³/mol. The molecule has 0 aromatic heterocycles. The van der Waals surface area contributed by atoms with Gasteiger partial charge in [0.1, 0.15) is 18.3 Å². The van der Waals surface area contributed by atoms with Gasteiger partial charge in [0.05, 0.1) is 11.1 Å². The Bertz CT molecular complexity index is 1250. The van der Waals surface area contributed by atoms with Crippen molar-refractivity contribution < 1.29 is 33.5 Å². The number of imide groups is 2. The molecule has 6 amide bonds. The number of fused-ring (bicyclic) bond motifs is 1. The number of anilines is 1. The van der Waals surface area contributed by atoms with Crippen molar-refractivity contribution in [3.63, 3.8) is 0 Å². The van der Waals surface area contributed by atoms with Gasteiger partial charge in [0.15, 0.2) is 0 Å². The first-order valence-electron chi connectivity index (χ1n) is 11.7. The van der Waals surface area contributed by atoms with E-state index in [2.05, 4.69) is 21.3 Å². The summed E-state index contributed by atoms with van der Waals surface area (Å²) in [6.45, 7) is 0.568. The van der Waals surface area contributed by atoms with Crippen LogP contribution in [0.2, 0.25) is 0 Å². The molecule has 0 spiro atoms. The Hall–Kier alpha value is -4.74. The van der Waals surface area contributed by atoms with Crippen LogP contribution in [0.15, 0.2) is 48.5 Å². The first-order valence-corrected chi connectivity index (χ1v) is 11.7. The molecule has 1 saturated heterocycles. The van der Waals surface area contributed by atoms with Gasteiger partial charge in [-0.25, -0.2) is 4.79 Å². The summed E-state index contributed by atoms with van der Waals surface area (Å²) in [4.78, 5) is 73.7. The third-order valence-electron chi connectivity index (χ3n) is 5.79. The van der Waals surface area contributed by atoms with Crippen molar-refractivity contribution in [2.75, 3.05) is 25.0 Å². The van der Waals surface area contributed by atoms with E-state index in [1.54, 1.807) is 42.5 Å². The largest absolute Gasteiger partial charge is 0.413 e. The van der Waals surface area contributed by atoms with Gasteiger partial charge in [-0.3, -0.25) is 34.2 Å². The van der Waals surface area contributed by atoms with Crippen LogP contribution in [0.1, 0.15) is 40.0 Å². The van der Waals surface area contributed by atoms with Gasteiger partial charge < -0.3 is 20.7 Å². The van der Waals surface area contributed by atoms with E-state index in [1.165, 1.54) is 6.07 Å². The molecule has 2 aliphatic rings. The fourth-order valence-corrected chi connectivity index (χ4v) is 3.98. The summed E-state index contributed by atoms with van der Waals surface area (Å²) < 4.78 is 5.03. The number of hydrogen-bond acceptors (Lipinski definition) is 8. The number of carbonyl (C=O) groups excluding carboxylic acids is 6. The third kappa shape index (κ3) is 6.10. The average Bonchev–Trinajstić information content (AvgIpc) is 3.12. The van der Waals surface area contributed by atoms with Crippen LogP contribution in [-0.4, -0.2) is 66.2 Å². The minimum absolute atomic E-state index is 0.0565. The summed E-state index contributed by atoms with van der Waals surface area (Å²) in [7, 11) is 0. The number of para-hydroxylation sites is 1. The maximum Gasteiger partial charge on any atom is 0.413 e. The predicted octanol–water partition coefficient (Wildman–Crippen LogP) is 0.795. The molecule has 1 atom stereocenters. The van der Waals surface area contributed by atoms with Crippen molar-refractivity contribution in [2.45, 2.75) is 25.3 Å². The van der Waals surface area contributed by atoms with Crippen molar-refractivity contribution in [3.8, 4) is 5.75 Å². The zero-order valence-corrected chi connectivity index (χ0v) is 19.7. The number of benzene rings is 2. The van der Waals surface area contributed by atoms with E-state index < -0.39 is 35.8 Å². The lowest BCUT2D eigenvalue weighted by molar-refractivity contribution is -0.136. The molecule has 37 heavy (non-hydrogen) atoms. The highest BCUT2D eigenvalue weighted by Crippen LogP contribution is 2.29. The molecular weight excluding hydrogens is 482 g/mol. The molecule has 12 heteroatoms. The van der Waals surface area contributed by atoms with E-state index in [4.69, 9.17) is 4.74 Å². The second-order valence-electron chi connectivity index (χ2n) is 8.39. The van der Waals surface area contributed by atoms with Crippen LogP contribution < -0.4 is 26.0 Å². The summed E-state index contributed by atoms with van der Waals surface area (Å²) in [5, 5.41) is 10.3. The van der Waals surface area contributed by atoms with Crippen LogP contribution in [0.3, 0.4) is 0 Å². The maximum absolute atomic E-state index is 12.9. The average molecular weight is 508 g/mol. The van der Waals surface area contributed by atoms with Crippen molar-refractivity contribution in [3.05, 3.63) is 59.7 Å². The van der Waals surface area contributed by atoms with E-state index in [0.717, 1.165) is 4.90 Å². The standard InChI is InChI=1S/C25H25N5O7/c31-20-10-9-19(22(33)29-20)30-23(34)17-8-7-15(13-18(17)24(30)35)26-11-4-12-27-21(32)14-28-25(36)37-16-5-2-1-3-6-16/h1-3,5-8,13,19,26H,4,9-12,14H2,(H,27,32)(H,28,36)(H,29,31,33). The van der Waals surface area contributed by atoms with Gasteiger partial charge in [-0.05, 0) is 43.2 Å². The number of rotatable bonds is 9. The van der Waals surface area contributed by atoms with Gasteiger partial charge in [0.25, 0.3) is 11.8 Å². The molecule has 2 aromatic rings. The number of nitrogens with one attached hydrogen (secondary N) is 4. The normalized spacial score (nSPS) is 16.6. The number of ether oxygens (including phenoxy) is 1. The highest BCUT2D eigenvalue weighted by atomic mass is 16.6. The minimum Gasteiger partial charge on any atom is -0.410 e. The van der Waals surface area contributed by atoms with Gasteiger partial charge >= 0.3 is 6.09 Å². The smallest absolute Gasteiger partial charge is 0.410 e. The number of amides is 6. The van der Waals surface area contributed by atoms with E-state index in [1.807, 2.05) is 0 Å². The van der Waals surface area contributed by atoms with Crippen LogP contribution in [-0.2, 0) is 14.4 Å². The Kier molecular flexibility index (Phi) is 7.77. The number of carbonyl (C=O) groups is 6. The third-order valence-corrected chi connectivity index (χ3v) is 5.79. The van der Waals surface area contributed by atoms with Crippen LogP contribution in [0, 0.1) is 0 Å². The number of piperidine rings is 1. The molecule has 192 valence electrons. The van der Waals surface area contributed by atoms with E-state index in [-0.39, 0.29) is 36.4 Å². The molecule has 12 nitrogen and oxygen atoms in total. The summed E-state index contributed by atoms with van der Waals surface area (Å²) in [6, 6.07) is 12.2. The zero-order valence-electron chi connectivity index (χ0n) is 19.7. The van der Waals surface area contributed by atoms with Crippen molar-refractivity contribution in [1.29, 1.82) is 0 Å². The SMILES string of the molecule is O=C(CNC(=O)Oc1ccccc1)NCCCNc1ccc2c(c1)C(=O)N(C1CCC(=O)NC1=O)C2=O. The van der Waals surface area contributed by atoms with Gasteiger partial charge in [-0.15, -0.1) is 0 Å². The van der Waals surface area contributed by atoms with Gasteiger partial charge in [0.2, 0.25) is 17.7 Å². The van der Waals surface area contributed by atoms with Crippen LogP contribution in [0.25, 0.3) is 0 Å². The maximum atomic E-state index is 12.9. The monoisotopic (exact) mass is 507 g/mol. The Labute approximate surface area is 211 Å². The van der Waals surface area contributed by atoms with Crippen LogP contribution in [0.4, 0.5) is 10.5 Å². The molecule has 0 bridgehead atoms. The second kappa shape index (κ2) is 11.3. The highest BCUT2D eigenvalue weighted by Gasteiger charge is 2.44. The quantitative estimate of drug-likeness (QED) is 0.286. The van der Waals surface area contributed by atoms with E-state index >= 15 is 0 Å². The second-order valence-corrected chi connectivity index (χ2v) is 8.39. The minimum atomic E-state index is -1.01. The first-order chi connectivity index (χ1) is 17.8. The lowest BCUT2D eigenvalue weighted by Crippen LogP contribution is -2.54. The number of hydrogen-bond donors (Lipinski definition) is 4. The van der Waals surface area contributed by atoms with Crippen LogP contribution in [0.5, 0.6) is 5.75 Å². The molecule has 0 radical (unpaired) electrons. The van der Waals surface area contributed by atoms with E-state index in [9.17, 15) is 28.8 Å². The molecule has 4 rings (SSSR count). The van der Waals surface area contributed by atoms with Crippen molar-refractivity contribution in [1.82, 2.24) is 20.9 Å². The summed E-state index contributed by atoms with van der Waals surface area (Å²) in [5.74, 6) is -2.24. The molecule has 2 aromatic carbocycles. The lowest BCUT2D eigenvalue weighted by Gasteiger charge is -2.27. The molecule has 2 heterocycles. The molecule has 0 saturated carbocycles. The van der Waals surface area contributed by atoms with Crippen LogP contribution >= 0.6 is 0 Å². The highest BCUT2D eigenvalue weighted by molar-refractivity contribution is 6.23. The molecule has 0 aliphatic carbocycles. The van der Waals surface area contributed by atoms with Gasteiger partial charge in [0, 0.05) is 25.2 Å². The zero-order chi connectivity index (χ0) is 26.4. The summed E-state index contributed by atoms with van der Waals surface area (Å²) >= 11 is 0. The fourth-order valence-electron chi connectivity index (χ4n) is 3.98. The van der Waals surface area contributed by atoms with Gasteiger partial charge in [-0.1, -0.05) is 18.2 Å². The van der Waals surface area contributed by atoms with Gasteiger partial charge in [-0.2, -0.15) is 0 Å². The fraction of sp³-hybridized carbons (Fsp3) is 0.280. The van der Waals surface area contributed by atoms with Crippen molar-refractivity contribution in [2.24, 2.45) is 0 Å². The Morgan fingerprint density at radius 2 is 1.70 bits per heavy atom. The Morgan fingerprint density at radius 1 is 0.946 bits per heavy atom. The van der Waals surface area contributed by atoms with E-state index in [0.29, 0.717) is 30.9 Å². The topological polar surface area (TPSA) is 163 Å². The number of nitrogens with zero attached hydrogens (tertiary/aromatic N) is 1. The summed E-state index contributed by atoms with van der Waals surface area (Å²) in [5.41, 5.74) is 0.981. The Balaban J connectivity index is 1.19. The molecule has 1 unspecified atom stereocenters. The first kappa shape index (κ1) is 25.4. The molecule has 4 N–H and O–H groups in total. The molecular formula is C25H25N5O7.